The molecule has 2 aliphatic rings. The van der Waals surface area contributed by atoms with Gasteiger partial charge in [-0.3, -0.25) is 9.59 Å². The fourth-order valence-corrected chi connectivity index (χ4v) is 4.32. The third-order valence-electron chi connectivity index (χ3n) is 5.53. The molecule has 30 heavy (non-hydrogen) atoms. The summed E-state index contributed by atoms with van der Waals surface area (Å²) in [5, 5.41) is 13.2. The van der Waals surface area contributed by atoms with E-state index in [0.717, 1.165) is 43.5 Å². The number of pyridine rings is 1. The van der Waals surface area contributed by atoms with Gasteiger partial charge in [0, 0.05) is 36.8 Å². The van der Waals surface area contributed by atoms with Gasteiger partial charge in [0.2, 0.25) is 5.91 Å². The molecule has 0 bridgehead atoms. The zero-order valence-electron chi connectivity index (χ0n) is 17.0. The maximum atomic E-state index is 13.0. The maximum Gasteiger partial charge on any atom is 0.257 e. The first-order valence-corrected chi connectivity index (χ1v) is 11.5. The standard InChI is InChI=1S/C23H24N4O2S/c1-30-23-19(13-24)18(12-20(26-23)16-8-9-16)22(29)25-17-6-4-5-15(11-17)14-27-10-3-2-7-21(27)28/h4-6,11-12,16H,2-3,7-10,14H2,1H3,(H,25,29). The molecule has 0 radical (unpaired) electrons. The number of nitriles is 1. The lowest BCUT2D eigenvalue weighted by molar-refractivity contribution is -0.133. The largest absolute Gasteiger partial charge is 0.338 e. The molecule has 2 amide bonds. The second-order valence-corrected chi connectivity index (χ2v) is 8.59. The molecule has 6 nitrogen and oxygen atoms in total. The first-order valence-electron chi connectivity index (χ1n) is 10.3. The van der Waals surface area contributed by atoms with Crippen molar-refractivity contribution in [2.75, 3.05) is 18.1 Å². The van der Waals surface area contributed by atoms with Crippen molar-refractivity contribution in [2.24, 2.45) is 0 Å². The average Bonchev–Trinajstić information content (AvgIpc) is 3.60. The Morgan fingerprint density at radius 2 is 2.17 bits per heavy atom. The summed E-state index contributed by atoms with van der Waals surface area (Å²) < 4.78 is 0. The first-order chi connectivity index (χ1) is 14.6. The van der Waals surface area contributed by atoms with Crippen LogP contribution in [0.15, 0.2) is 35.4 Å². The molecule has 154 valence electrons. The number of likely N-dealkylation sites (tertiary alicyclic amines) is 1. The van der Waals surface area contributed by atoms with Crippen LogP contribution in [0.5, 0.6) is 0 Å². The Balaban J connectivity index is 1.55. The summed E-state index contributed by atoms with van der Waals surface area (Å²) >= 11 is 1.39. The highest BCUT2D eigenvalue weighted by molar-refractivity contribution is 7.98. The summed E-state index contributed by atoms with van der Waals surface area (Å²) in [6.45, 7) is 1.32. The molecule has 4 rings (SSSR count). The van der Waals surface area contributed by atoms with Gasteiger partial charge >= 0.3 is 0 Å². The Labute approximate surface area is 180 Å². The zero-order chi connectivity index (χ0) is 21.1. The van der Waals surface area contributed by atoms with E-state index in [2.05, 4.69) is 16.4 Å². The fourth-order valence-electron chi connectivity index (χ4n) is 3.76. The smallest absolute Gasteiger partial charge is 0.257 e. The van der Waals surface area contributed by atoms with Crippen molar-refractivity contribution < 1.29 is 9.59 Å². The van der Waals surface area contributed by atoms with Crippen LogP contribution in [0, 0.1) is 11.3 Å². The van der Waals surface area contributed by atoms with Crippen LogP contribution in [0.2, 0.25) is 0 Å². The molecular formula is C23H24N4O2S. The lowest BCUT2D eigenvalue weighted by Crippen LogP contribution is -2.34. The topological polar surface area (TPSA) is 86.1 Å². The molecule has 2 heterocycles. The molecule has 1 N–H and O–H groups in total. The summed E-state index contributed by atoms with van der Waals surface area (Å²) in [5.41, 5.74) is 3.21. The average molecular weight is 421 g/mol. The minimum absolute atomic E-state index is 0.184. The number of anilines is 1. The van der Waals surface area contributed by atoms with E-state index in [4.69, 9.17) is 0 Å². The minimum atomic E-state index is -0.308. The minimum Gasteiger partial charge on any atom is -0.338 e. The van der Waals surface area contributed by atoms with Gasteiger partial charge < -0.3 is 10.2 Å². The number of piperidine rings is 1. The third-order valence-corrected chi connectivity index (χ3v) is 6.21. The summed E-state index contributed by atoms with van der Waals surface area (Å²) in [5.74, 6) is 0.265. The normalized spacial score (nSPS) is 16.3. The predicted octanol–water partition coefficient (Wildman–Crippen LogP) is 4.32. The van der Waals surface area contributed by atoms with E-state index >= 15 is 0 Å². The van der Waals surface area contributed by atoms with Crippen LogP contribution in [-0.4, -0.2) is 34.5 Å². The highest BCUT2D eigenvalue weighted by Gasteiger charge is 2.28. The van der Waals surface area contributed by atoms with Crippen molar-refractivity contribution >= 4 is 29.3 Å². The van der Waals surface area contributed by atoms with Gasteiger partial charge in [-0.15, -0.1) is 11.8 Å². The van der Waals surface area contributed by atoms with Gasteiger partial charge in [-0.1, -0.05) is 12.1 Å². The number of amides is 2. The second kappa shape index (κ2) is 8.88. The van der Waals surface area contributed by atoms with E-state index in [-0.39, 0.29) is 11.8 Å². The second-order valence-electron chi connectivity index (χ2n) is 7.79. The van der Waals surface area contributed by atoms with Crippen LogP contribution in [0.4, 0.5) is 5.69 Å². The summed E-state index contributed by atoms with van der Waals surface area (Å²) in [6.07, 6.45) is 6.61. The monoisotopic (exact) mass is 420 g/mol. The number of nitrogens with one attached hydrogen (secondary N) is 1. The van der Waals surface area contributed by atoms with E-state index in [1.54, 1.807) is 6.07 Å². The fraction of sp³-hybridized carbons (Fsp3) is 0.391. The van der Waals surface area contributed by atoms with E-state index in [0.29, 0.717) is 40.7 Å². The van der Waals surface area contributed by atoms with Crippen molar-refractivity contribution in [1.82, 2.24) is 9.88 Å². The number of aromatic nitrogens is 1. The van der Waals surface area contributed by atoms with Gasteiger partial charge in [-0.25, -0.2) is 4.98 Å². The molecule has 0 spiro atoms. The van der Waals surface area contributed by atoms with E-state index in [1.807, 2.05) is 35.4 Å². The van der Waals surface area contributed by atoms with E-state index in [1.165, 1.54) is 11.8 Å². The lowest BCUT2D eigenvalue weighted by atomic mass is 10.1. The molecular weight excluding hydrogens is 396 g/mol. The number of thioether (sulfide) groups is 1. The number of carbonyl (C=O) groups excluding carboxylic acids is 2. The SMILES string of the molecule is CSc1nc(C2CC2)cc(C(=O)Nc2cccc(CN3CCCCC3=O)c2)c1C#N. The van der Waals surface area contributed by atoms with Gasteiger partial charge in [0.05, 0.1) is 11.1 Å². The van der Waals surface area contributed by atoms with Crippen LogP contribution < -0.4 is 5.32 Å². The Morgan fingerprint density at radius 1 is 1.33 bits per heavy atom. The van der Waals surface area contributed by atoms with Crippen molar-refractivity contribution in [3.05, 3.63) is 52.7 Å². The Kier molecular flexibility index (Phi) is 6.05. The van der Waals surface area contributed by atoms with Crippen molar-refractivity contribution in [2.45, 2.75) is 49.6 Å². The van der Waals surface area contributed by atoms with Gasteiger partial charge in [0.25, 0.3) is 5.91 Å². The van der Waals surface area contributed by atoms with Gasteiger partial charge in [0.1, 0.15) is 11.1 Å². The van der Waals surface area contributed by atoms with Crippen molar-refractivity contribution in [3.8, 4) is 6.07 Å². The molecule has 2 fully saturated rings. The maximum absolute atomic E-state index is 13.0. The number of carbonyl (C=O) groups is 2. The quantitative estimate of drug-likeness (QED) is 0.704. The number of nitrogens with zero attached hydrogens (tertiary/aromatic N) is 3. The molecule has 1 aromatic carbocycles. The molecule has 0 unspecified atom stereocenters. The Hall–Kier alpha value is -2.85. The van der Waals surface area contributed by atoms with Crippen molar-refractivity contribution in [1.29, 1.82) is 5.26 Å². The third kappa shape index (κ3) is 4.49. The molecule has 2 aromatic rings. The first kappa shape index (κ1) is 20.4. The zero-order valence-corrected chi connectivity index (χ0v) is 17.8. The van der Waals surface area contributed by atoms with Crippen LogP contribution in [0.1, 0.15) is 65.2 Å². The molecule has 7 heteroatoms. The van der Waals surface area contributed by atoms with Crippen LogP contribution >= 0.6 is 11.8 Å². The Morgan fingerprint density at radius 3 is 2.87 bits per heavy atom. The number of hydrogen-bond donors (Lipinski definition) is 1. The van der Waals surface area contributed by atoms with Crippen LogP contribution in [-0.2, 0) is 11.3 Å². The van der Waals surface area contributed by atoms with Crippen LogP contribution in [0.3, 0.4) is 0 Å². The summed E-state index contributed by atoms with van der Waals surface area (Å²) in [6, 6.07) is 11.5. The molecule has 1 saturated carbocycles. The van der Waals surface area contributed by atoms with E-state index < -0.39 is 0 Å². The highest BCUT2D eigenvalue weighted by Crippen LogP contribution is 2.40. The van der Waals surface area contributed by atoms with Crippen molar-refractivity contribution in [3.63, 3.8) is 0 Å². The van der Waals surface area contributed by atoms with Crippen LogP contribution in [0.25, 0.3) is 0 Å². The Bertz CT molecular complexity index is 1030. The summed E-state index contributed by atoms with van der Waals surface area (Å²) in [4.78, 5) is 31.6. The molecule has 0 atom stereocenters. The highest BCUT2D eigenvalue weighted by atomic mass is 32.2. The van der Waals surface area contributed by atoms with Gasteiger partial charge in [-0.2, -0.15) is 5.26 Å². The molecule has 1 saturated heterocycles. The van der Waals surface area contributed by atoms with Gasteiger partial charge in [0.15, 0.2) is 0 Å². The van der Waals surface area contributed by atoms with Gasteiger partial charge in [-0.05, 0) is 55.7 Å². The summed E-state index contributed by atoms with van der Waals surface area (Å²) in [7, 11) is 0. The van der Waals surface area contributed by atoms with E-state index in [9.17, 15) is 14.9 Å². The molecule has 1 aliphatic carbocycles. The lowest BCUT2D eigenvalue weighted by Gasteiger charge is -2.26. The number of benzene rings is 1. The molecule has 1 aliphatic heterocycles. The predicted molar refractivity (Wildman–Crippen MR) is 116 cm³/mol. The number of hydrogen-bond acceptors (Lipinski definition) is 5. The number of rotatable bonds is 6. The molecule has 1 aromatic heterocycles.